The minimum absolute atomic E-state index is 0.233. The highest BCUT2D eigenvalue weighted by Crippen LogP contribution is 2.25. The highest BCUT2D eigenvalue weighted by atomic mass is 35.5. The topological polar surface area (TPSA) is 146 Å². The monoisotopic (exact) mass is 684 g/mol. The fourth-order valence-electron chi connectivity index (χ4n) is 5.30. The molecule has 0 bridgehead atoms. The first-order valence-electron chi connectivity index (χ1n) is 15.7. The minimum Gasteiger partial charge on any atom is -0.481 e. The van der Waals surface area contributed by atoms with Crippen LogP contribution in [0.3, 0.4) is 0 Å². The molecule has 0 radical (unpaired) electrons. The number of carbonyl (C=O) groups is 1. The molecule has 14 nitrogen and oxygen atoms in total. The van der Waals surface area contributed by atoms with Crippen LogP contribution in [-0.4, -0.2) is 89.1 Å². The van der Waals surface area contributed by atoms with Crippen molar-refractivity contribution < 1.29 is 19.0 Å². The molecule has 0 saturated carbocycles. The van der Waals surface area contributed by atoms with Crippen LogP contribution in [0.2, 0.25) is 5.15 Å². The maximum Gasteiger partial charge on any atom is 0.410 e. The molecule has 15 heteroatoms. The van der Waals surface area contributed by atoms with Crippen LogP contribution in [0.4, 0.5) is 10.6 Å². The van der Waals surface area contributed by atoms with E-state index in [0.29, 0.717) is 30.0 Å². The van der Waals surface area contributed by atoms with Crippen LogP contribution in [0.1, 0.15) is 33.6 Å². The highest BCUT2D eigenvalue weighted by molar-refractivity contribution is 6.29. The number of imidazole rings is 2. The van der Waals surface area contributed by atoms with Crippen molar-refractivity contribution in [2.24, 2.45) is 0 Å². The lowest BCUT2D eigenvalue weighted by Gasteiger charge is -2.33. The molecule has 1 fully saturated rings. The zero-order valence-corrected chi connectivity index (χ0v) is 28.6. The van der Waals surface area contributed by atoms with Crippen molar-refractivity contribution in [3.05, 3.63) is 78.5 Å². The lowest BCUT2D eigenvalue weighted by Crippen LogP contribution is -2.44. The van der Waals surface area contributed by atoms with Gasteiger partial charge in [0.25, 0.3) is 0 Å². The molecule has 1 amide bonds. The maximum absolute atomic E-state index is 12.3. The summed E-state index contributed by atoms with van der Waals surface area (Å²) < 4.78 is 19.3. The number of likely N-dealkylation sites (tertiary alicyclic amines) is 1. The molecular weight excluding hydrogens is 648 g/mol. The first-order chi connectivity index (χ1) is 23.6. The van der Waals surface area contributed by atoms with E-state index in [1.807, 2.05) is 67.8 Å². The number of halogens is 1. The number of nitrogens with one attached hydrogen (secondary N) is 1. The second-order valence-electron chi connectivity index (χ2n) is 12.3. The smallest absolute Gasteiger partial charge is 0.410 e. The van der Waals surface area contributed by atoms with E-state index in [9.17, 15) is 4.79 Å². The van der Waals surface area contributed by atoms with Crippen LogP contribution in [-0.2, 0) is 4.74 Å². The van der Waals surface area contributed by atoms with Gasteiger partial charge in [0, 0.05) is 54.8 Å². The predicted molar refractivity (Wildman–Crippen MR) is 185 cm³/mol. The van der Waals surface area contributed by atoms with Crippen molar-refractivity contribution in [2.75, 3.05) is 32.6 Å². The number of pyridine rings is 2. The number of piperidine rings is 1. The summed E-state index contributed by atoms with van der Waals surface area (Å²) in [5, 5.41) is 12.9. The van der Waals surface area contributed by atoms with Gasteiger partial charge in [-0.1, -0.05) is 11.6 Å². The van der Waals surface area contributed by atoms with Gasteiger partial charge in [-0.05, 0) is 70.0 Å². The normalized spacial score (nSPS) is 13.6. The van der Waals surface area contributed by atoms with Gasteiger partial charge < -0.3 is 24.4 Å². The highest BCUT2D eigenvalue weighted by Gasteiger charge is 2.27. The van der Waals surface area contributed by atoms with Crippen LogP contribution in [0.25, 0.3) is 33.8 Å². The summed E-state index contributed by atoms with van der Waals surface area (Å²) in [5.41, 5.74) is 4.57. The van der Waals surface area contributed by atoms with E-state index in [1.165, 1.54) is 0 Å². The number of fused-ring (bicyclic) bond motifs is 2. The van der Waals surface area contributed by atoms with Crippen LogP contribution in [0, 0.1) is 0 Å². The average molecular weight is 685 g/mol. The average Bonchev–Trinajstić information content (AvgIpc) is 3.72. The minimum atomic E-state index is -0.479. The molecule has 1 saturated heterocycles. The second kappa shape index (κ2) is 14.3. The van der Waals surface area contributed by atoms with Crippen LogP contribution in [0.5, 0.6) is 11.8 Å². The largest absolute Gasteiger partial charge is 0.481 e. The van der Waals surface area contributed by atoms with E-state index in [-0.39, 0.29) is 12.1 Å². The molecule has 1 aliphatic rings. The van der Waals surface area contributed by atoms with Gasteiger partial charge in [0.2, 0.25) is 11.8 Å². The Balaban J connectivity index is 0.000000195. The van der Waals surface area contributed by atoms with Gasteiger partial charge in [0.1, 0.15) is 16.6 Å². The summed E-state index contributed by atoms with van der Waals surface area (Å²) in [6.45, 7) is 6.96. The summed E-state index contributed by atoms with van der Waals surface area (Å²) >= 11 is 5.90. The zero-order valence-electron chi connectivity index (χ0n) is 27.9. The first kappa shape index (κ1) is 33.4. The molecule has 7 rings (SSSR count). The zero-order chi connectivity index (χ0) is 34.5. The Morgan fingerprint density at radius 1 is 0.796 bits per heavy atom. The van der Waals surface area contributed by atoms with Crippen molar-refractivity contribution in [3.63, 3.8) is 0 Å². The van der Waals surface area contributed by atoms with Gasteiger partial charge in [0.05, 0.1) is 38.0 Å². The second-order valence-corrected chi connectivity index (χ2v) is 12.6. The molecule has 0 spiro atoms. The summed E-state index contributed by atoms with van der Waals surface area (Å²) in [6, 6.07) is 15.1. The number of nitrogens with zero attached hydrogens (tertiary/aromatic N) is 9. The van der Waals surface area contributed by atoms with Crippen molar-refractivity contribution in [3.8, 4) is 34.3 Å². The molecule has 6 aromatic rings. The van der Waals surface area contributed by atoms with Crippen LogP contribution >= 0.6 is 11.6 Å². The summed E-state index contributed by atoms with van der Waals surface area (Å²) in [6.07, 6.45) is 8.33. The van der Waals surface area contributed by atoms with Gasteiger partial charge in [-0.3, -0.25) is 0 Å². The Kier molecular flexibility index (Phi) is 9.76. The van der Waals surface area contributed by atoms with Crippen molar-refractivity contribution in [1.29, 1.82) is 0 Å². The van der Waals surface area contributed by atoms with E-state index < -0.39 is 5.60 Å². The number of anilines is 1. The van der Waals surface area contributed by atoms with Crippen LogP contribution in [0.15, 0.2) is 73.3 Å². The van der Waals surface area contributed by atoms with E-state index in [4.69, 9.17) is 30.9 Å². The fourth-order valence-corrected chi connectivity index (χ4v) is 5.44. The van der Waals surface area contributed by atoms with Gasteiger partial charge >= 0.3 is 6.09 Å². The van der Waals surface area contributed by atoms with Crippen molar-refractivity contribution in [1.82, 2.24) is 44.1 Å². The third-order valence-corrected chi connectivity index (χ3v) is 7.87. The fraction of sp³-hybridized carbons (Fsp3) is 0.324. The van der Waals surface area contributed by atoms with Gasteiger partial charge in [-0.15, -0.1) is 5.10 Å². The maximum atomic E-state index is 12.3. The lowest BCUT2D eigenvalue weighted by molar-refractivity contribution is 0.0210. The molecule has 0 atom stereocenters. The Morgan fingerprint density at radius 3 is 1.90 bits per heavy atom. The quantitative estimate of drug-likeness (QED) is 0.218. The number of methoxy groups -OCH3 is 2. The molecule has 7 heterocycles. The van der Waals surface area contributed by atoms with E-state index in [0.717, 1.165) is 52.5 Å². The number of aromatic nitrogens is 8. The number of hydrogen-bond donors (Lipinski definition) is 1. The molecule has 1 N–H and O–H groups in total. The predicted octanol–water partition coefficient (Wildman–Crippen LogP) is 6.06. The molecule has 0 unspecified atom stereocenters. The van der Waals surface area contributed by atoms with E-state index in [1.54, 1.807) is 54.5 Å². The molecule has 0 aromatic carbocycles. The molecule has 254 valence electrons. The Hall–Kier alpha value is -5.50. The van der Waals surface area contributed by atoms with E-state index >= 15 is 0 Å². The number of rotatable bonds is 6. The Labute approximate surface area is 288 Å². The Bertz CT molecular complexity index is 2070. The van der Waals surface area contributed by atoms with Gasteiger partial charge in [-0.2, -0.15) is 5.10 Å². The summed E-state index contributed by atoms with van der Waals surface area (Å²) in [4.78, 5) is 31.0. The van der Waals surface area contributed by atoms with Crippen molar-refractivity contribution in [2.45, 2.75) is 45.3 Å². The van der Waals surface area contributed by atoms with Gasteiger partial charge in [-0.25, -0.2) is 33.8 Å². The molecule has 0 aliphatic carbocycles. The standard InChI is InChI=1S/C22H28N6O3.C12H9ClN4O/c1-22(2,3)31-21(29)27-11-8-16(9-12-27)25-18-5-6-19-24-14-17(28(19)26-18)15-7-10-23-20(13-15)30-4;1-18-12-6-8(4-5-14-12)9-7-15-11-3-2-10(13)16-17(9)11/h5-7,10,13-14,16H,8-9,11-12H2,1-4H3,(H,25,26);2-7H,1H3. The number of carbonyl (C=O) groups excluding carboxylic acids is 1. The molecule has 49 heavy (non-hydrogen) atoms. The van der Waals surface area contributed by atoms with Crippen LogP contribution < -0.4 is 14.8 Å². The SMILES string of the molecule is COc1cc(-c2cnc3ccc(Cl)nn23)ccn1.COc1cc(-c2cnc3ccc(NC4CCN(C(=O)OC(C)(C)C)CC4)nn23)ccn1. The van der Waals surface area contributed by atoms with E-state index in [2.05, 4.69) is 30.4 Å². The number of amides is 1. The summed E-state index contributed by atoms with van der Waals surface area (Å²) in [5.74, 6) is 1.85. The molecule has 6 aromatic heterocycles. The summed E-state index contributed by atoms with van der Waals surface area (Å²) in [7, 11) is 3.17. The lowest BCUT2D eigenvalue weighted by atomic mass is 10.1. The first-order valence-corrected chi connectivity index (χ1v) is 16.1. The third-order valence-electron chi connectivity index (χ3n) is 7.67. The Morgan fingerprint density at radius 2 is 1.35 bits per heavy atom. The molecule has 1 aliphatic heterocycles. The molecular formula is C34H37ClN10O4. The van der Waals surface area contributed by atoms with Crippen molar-refractivity contribution >= 4 is 34.8 Å². The number of hydrogen-bond acceptors (Lipinski definition) is 11. The third kappa shape index (κ3) is 7.97. The van der Waals surface area contributed by atoms with Gasteiger partial charge in [0.15, 0.2) is 11.3 Å². The number of ether oxygens (including phenoxy) is 3.